The van der Waals surface area contributed by atoms with E-state index >= 15 is 0 Å². The first kappa shape index (κ1) is 14.8. The van der Waals surface area contributed by atoms with Crippen LogP contribution in [0.25, 0.3) is 0 Å². The minimum Gasteiger partial charge on any atom is -0.409 e. The van der Waals surface area contributed by atoms with E-state index in [9.17, 15) is 4.79 Å². The molecule has 0 heterocycles. The molecule has 0 aliphatic carbocycles. The predicted octanol–water partition coefficient (Wildman–Crippen LogP) is 1.99. The maximum absolute atomic E-state index is 12.1. The molecule has 0 unspecified atom stereocenters. The van der Waals surface area contributed by atoms with Gasteiger partial charge in [-0.1, -0.05) is 24.2 Å². The van der Waals surface area contributed by atoms with Crippen LogP contribution in [0.3, 0.4) is 0 Å². The highest BCUT2D eigenvalue weighted by Crippen LogP contribution is 2.10. The van der Waals surface area contributed by atoms with Gasteiger partial charge >= 0.3 is 6.03 Å². The van der Waals surface area contributed by atoms with Crippen molar-refractivity contribution in [2.75, 3.05) is 18.4 Å². The number of anilines is 1. The molecule has 1 aromatic rings. The van der Waals surface area contributed by atoms with Gasteiger partial charge < -0.3 is 21.2 Å². The van der Waals surface area contributed by atoms with Gasteiger partial charge in [0.1, 0.15) is 0 Å². The van der Waals surface area contributed by atoms with Crippen molar-refractivity contribution in [2.45, 2.75) is 20.3 Å². The number of nitrogens with two attached hydrogens (primary N) is 1. The van der Waals surface area contributed by atoms with Gasteiger partial charge in [-0.15, -0.1) is 0 Å². The molecule has 0 atom stereocenters. The first-order chi connectivity index (χ1) is 9.06. The van der Waals surface area contributed by atoms with Crippen molar-refractivity contribution in [1.29, 1.82) is 0 Å². The summed E-state index contributed by atoms with van der Waals surface area (Å²) in [5, 5.41) is 14.2. The van der Waals surface area contributed by atoms with Crippen LogP contribution >= 0.6 is 0 Å². The van der Waals surface area contributed by atoms with Crippen molar-refractivity contribution in [1.82, 2.24) is 4.90 Å². The van der Waals surface area contributed by atoms with Crippen molar-refractivity contribution in [3.05, 3.63) is 29.8 Å². The Labute approximate surface area is 112 Å². The van der Waals surface area contributed by atoms with Gasteiger partial charge in [-0.25, -0.2) is 4.79 Å². The number of aryl methyl sites for hydroxylation is 1. The lowest BCUT2D eigenvalue weighted by atomic mass is 10.2. The van der Waals surface area contributed by atoms with Crippen LogP contribution in [-0.2, 0) is 0 Å². The van der Waals surface area contributed by atoms with E-state index in [0.717, 1.165) is 17.7 Å². The number of carbonyl (C=O) groups excluding carboxylic acids is 1. The number of rotatable bonds is 5. The molecule has 0 fully saturated rings. The number of carbonyl (C=O) groups is 1. The quantitative estimate of drug-likeness (QED) is 0.329. The molecule has 6 heteroatoms. The predicted molar refractivity (Wildman–Crippen MR) is 75.5 cm³/mol. The number of benzene rings is 1. The van der Waals surface area contributed by atoms with Gasteiger partial charge in [-0.05, 0) is 31.0 Å². The standard InChI is InChI=1S/C13H20N4O2/c1-3-7-17(9-12(14)16-19)13(18)15-11-6-4-5-10(2)8-11/h4-6,8,19H,3,7,9H2,1-2H3,(H2,14,16)(H,15,18). The molecule has 6 nitrogen and oxygen atoms in total. The van der Waals surface area contributed by atoms with E-state index in [0.29, 0.717) is 6.54 Å². The highest BCUT2D eigenvalue weighted by molar-refractivity contribution is 5.93. The number of hydrogen-bond donors (Lipinski definition) is 3. The summed E-state index contributed by atoms with van der Waals surface area (Å²) in [6.07, 6.45) is 0.792. The zero-order valence-electron chi connectivity index (χ0n) is 11.3. The normalized spacial score (nSPS) is 11.2. The lowest BCUT2D eigenvalue weighted by Crippen LogP contribution is -2.41. The number of nitrogens with one attached hydrogen (secondary N) is 1. The van der Waals surface area contributed by atoms with Gasteiger partial charge in [-0.3, -0.25) is 0 Å². The van der Waals surface area contributed by atoms with Crippen LogP contribution < -0.4 is 11.1 Å². The number of urea groups is 1. The Bertz CT molecular complexity index is 460. The monoisotopic (exact) mass is 264 g/mol. The molecule has 1 aromatic carbocycles. The molecular weight excluding hydrogens is 244 g/mol. The van der Waals surface area contributed by atoms with Crippen molar-refractivity contribution in [3.63, 3.8) is 0 Å². The number of hydrogen-bond acceptors (Lipinski definition) is 3. The van der Waals surface area contributed by atoms with Gasteiger partial charge in [0.15, 0.2) is 5.84 Å². The number of amides is 2. The summed E-state index contributed by atoms with van der Waals surface area (Å²) in [6, 6.07) is 7.26. The van der Waals surface area contributed by atoms with E-state index in [4.69, 9.17) is 10.9 Å². The molecule has 104 valence electrons. The first-order valence-corrected chi connectivity index (χ1v) is 6.15. The first-order valence-electron chi connectivity index (χ1n) is 6.15. The smallest absolute Gasteiger partial charge is 0.322 e. The molecule has 0 bridgehead atoms. The summed E-state index contributed by atoms with van der Waals surface area (Å²) in [6.45, 7) is 4.55. The molecule has 4 N–H and O–H groups in total. The molecule has 0 spiro atoms. The molecule has 0 aliphatic rings. The Balaban J connectivity index is 2.71. The van der Waals surface area contributed by atoms with Crippen LogP contribution in [0.5, 0.6) is 0 Å². The van der Waals surface area contributed by atoms with E-state index in [1.54, 1.807) is 0 Å². The van der Waals surface area contributed by atoms with E-state index < -0.39 is 0 Å². The highest BCUT2D eigenvalue weighted by Gasteiger charge is 2.14. The average Bonchev–Trinajstić information content (AvgIpc) is 2.38. The topological polar surface area (TPSA) is 90.9 Å². The fraction of sp³-hybridized carbons (Fsp3) is 0.385. The maximum atomic E-state index is 12.1. The Morgan fingerprint density at radius 3 is 2.84 bits per heavy atom. The molecule has 1 rings (SSSR count). The molecule has 0 aromatic heterocycles. The Kier molecular flexibility index (Phi) is 5.66. The zero-order valence-corrected chi connectivity index (χ0v) is 11.3. The fourth-order valence-corrected chi connectivity index (χ4v) is 1.67. The second kappa shape index (κ2) is 7.25. The third-order valence-corrected chi connectivity index (χ3v) is 2.53. The van der Waals surface area contributed by atoms with Crippen LogP contribution in [0, 0.1) is 6.92 Å². The Hall–Kier alpha value is -2.24. The van der Waals surface area contributed by atoms with Crippen LogP contribution in [0.15, 0.2) is 29.4 Å². The summed E-state index contributed by atoms with van der Waals surface area (Å²) in [5.74, 6) is 0.00726. The lowest BCUT2D eigenvalue weighted by molar-refractivity contribution is 0.218. The van der Waals surface area contributed by atoms with E-state index in [1.807, 2.05) is 38.1 Å². The summed E-state index contributed by atoms with van der Waals surface area (Å²) in [4.78, 5) is 13.6. The molecular formula is C13H20N4O2. The second-order valence-corrected chi connectivity index (χ2v) is 4.31. The highest BCUT2D eigenvalue weighted by atomic mass is 16.4. The molecule has 2 amide bonds. The van der Waals surface area contributed by atoms with Gasteiger partial charge in [0, 0.05) is 12.2 Å². The van der Waals surface area contributed by atoms with Gasteiger partial charge in [0.25, 0.3) is 0 Å². The average molecular weight is 264 g/mol. The van der Waals surface area contributed by atoms with Gasteiger partial charge in [-0.2, -0.15) is 0 Å². The Morgan fingerprint density at radius 2 is 2.26 bits per heavy atom. The minimum absolute atomic E-state index is 0.00726. The lowest BCUT2D eigenvalue weighted by Gasteiger charge is -2.21. The van der Waals surface area contributed by atoms with Gasteiger partial charge in [0.05, 0.1) is 6.54 Å². The molecule has 0 saturated carbocycles. The summed E-state index contributed by atoms with van der Waals surface area (Å²) in [7, 11) is 0. The van der Waals surface area contributed by atoms with Crippen LogP contribution in [0.4, 0.5) is 10.5 Å². The number of amidine groups is 1. The van der Waals surface area contributed by atoms with Crippen molar-refractivity contribution in [2.24, 2.45) is 10.9 Å². The minimum atomic E-state index is -0.265. The fourth-order valence-electron chi connectivity index (χ4n) is 1.67. The van der Waals surface area contributed by atoms with Crippen molar-refractivity contribution in [3.8, 4) is 0 Å². The SMILES string of the molecule is CCCN(CC(N)=NO)C(=O)Nc1cccc(C)c1. The second-order valence-electron chi connectivity index (χ2n) is 4.31. The van der Waals surface area contributed by atoms with E-state index in [2.05, 4.69) is 10.5 Å². The van der Waals surface area contributed by atoms with E-state index in [-0.39, 0.29) is 18.4 Å². The molecule has 19 heavy (non-hydrogen) atoms. The van der Waals surface area contributed by atoms with Crippen molar-refractivity contribution >= 4 is 17.6 Å². The zero-order chi connectivity index (χ0) is 14.3. The van der Waals surface area contributed by atoms with Crippen LogP contribution in [-0.4, -0.2) is 35.1 Å². The maximum Gasteiger partial charge on any atom is 0.322 e. The number of nitrogens with zero attached hydrogens (tertiary/aromatic N) is 2. The number of oxime groups is 1. The Morgan fingerprint density at radius 1 is 1.53 bits per heavy atom. The summed E-state index contributed by atoms with van der Waals surface area (Å²) >= 11 is 0. The van der Waals surface area contributed by atoms with Crippen molar-refractivity contribution < 1.29 is 10.0 Å². The molecule has 0 radical (unpaired) electrons. The molecule has 0 saturated heterocycles. The third kappa shape index (κ3) is 4.87. The largest absolute Gasteiger partial charge is 0.409 e. The van der Waals surface area contributed by atoms with E-state index in [1.165, 1.54) is 4.90 Å². The van der Waals surface area contributed by atoms with Crippen LogP contribution in [0.2, 0.25) is 0 Å². The third-order valence-electron chi connectivity index (χ3n) is 2.53. The summed E-state index contributed by atoms with van der Waals surface area (Å²) in [5.41, 5.74) is 7.23. The van der Waals surface area contributed by atoms with Crippen LogP contribution in [0.1, 0.15) is 18.9 Å². The van der Waals surface area contributed by atoms with Gasteiger partial charge in [0.2, 0.25) is 0 Å². The molecule has 0 aliphatic heterocycles. The summed E-state index contributed by atoms with van der Waals surface area (Å²) < 4.78 is 0.